The molecule has 1 aliphatic rings. The highest BCUT2D eigenvalue weighted by molar-refractivity contribution is 5.94. The van der Waals surface area contributed by atoms with Crippen LogP contribution in [-0.4, -0.2) is 32.6 Å². The molecule has 2 heterocycles. The van der Waals surface area contributed by atoms with Crippen molar-refractivity contribution < 1.29 is 17.6 Å². The van der Waals surface area contributed by atoms with Gasteiger partial charge < -0.3 is 4.90 Å². The molecule has 4 aromatic rings. The lowest BCUT2D eigenvalue weighted by Gasteiger charge is -2.25. The monoisotopic (exact) mass is 439 g/mol. The largest absolute Gasteiger partial charge is 0.320 e. The van der Waals surface area contributed by atoms with Gasteiger partial charge in [0, 0.05) is 17.2 Å². The number of halogens is 4. The van der Waals surface area contributed by atoms with Crippen molar-refractivity contribution in [3.05, 3.63) is 59.4 Å². The van der Waals surface area contributed by atoms with E-state index in [4.69, 9.17) is 0 Å². The SMILES string of the molecule is Cc1nnc2nc(N(CC(F)F)c3cc(F)cc(C#CC4CC4)c3)c3c(F)cccc3n12. The second-order valence-corrected chi connectivity index (χ2v) is 7.70. The van der Waals surface area contributed by atoms with Gasteiger partial charge in [0.1, 0.15) is 23.3 Å². The minimum Gasteiger partial charge on any atom is -0.320 e. The molecule has 9 heteroatoms. The van der Waals surface area contributed by atoms with E-state index in [0.29, 0.717) is 16.9 Å². The highest BCUT2D eigenvalue weighted by Crippen LogP contribution is 2.35. The molecule has 1 saturated carbocycles. The molecule has 0 radical (unpaired) electrons. The Hall–Kier alpha value is -3.67. The number of nitrogens with zero attached hydrogens (tertiary/aromatic N) is 5. The van der Waals surface area contributed by atoms with Crippen molar-refractivity contribution in [1.82, 2.24) is 19.6 Å². The maximum atomic E-state index is 15.0. The zero-order valence-electron chi connectivity index (χ0n) is 17.0. The van der Waals surface area contributed by atoms with Gasteiger partial charge in [0.25, 0.3) is 12.2 Å². The molecule has 0 saturated heterocycles. The van der Waals surface area contributed by atoms with Crippen molar-refractivity contribution in [2.24, 2.45) is 5.92 Å². The van der Waals surface area contributed by atoms with Crippen LogP contribution in [0.2, 0.25) is 0 Å². The minimum atomic E-state index is -2.79. The van der Waals surface area contributed by atoms with Crippen molar-refractivity contribution >= 4 is 28.2 Å². The molecule has 2 aromatic carbocycles. The first-order valence-electron chi connectivity index (χ1n) is 10.1. The molecule has 0 unspecified atom stereocenters. The van der Waals surface area contributed by atoms with Gasteiger partial charge in [-0.05, 0) is 50.1 Å². The van der Waals surface area contributed by atoms with E-state index in [1.807, 2.05) is 0 Å². The first kappa shape index (κ1) is 20.2. The summed E-state index contributed by atoms with van der Waals surface area (Å²) in [5.74, 6) is 5.45. The second-order valence-electron chi connectivity index (χ2n) is 7.70. The molecule has 0 bridgehead atoms. The maximum Gasteiger partial charge on any atom is 0.257 e. The number of anilines is 2. The van der Waals surface area contributed by atoms with Crippen molar-refractivity contribution in [1.29, 1.82) is 0 Å². The van der Waals surface area contributed by atoms with Gasteiger partial charge in [-0.3, -0.25) is 4.40 Å². The summed E-state index contributed by atoms with van der Waals surface area (Å²) < 4.78 is 58.2. The second kappa shape index (κ2) is 7.79. The zero-order valence-corrected chi connectivity index (χ0v) is 17.0. The molecule has 2 aromatic heterocycles. The molecule has 0 atom stereocenters. The number of alkyl halides is 2. The predicted molar refractivity (Wildman–Crippen MR) is 112 cm³/mol. The van der Waals surface area contributed by atoms with Crippen LogP contribution in [0.1, 0.15) is 24.2 Å². The number of aromatic nitrogens is 4. The molecule has 0 N–H and O–H groups in total. The smallest absolute Gasteiger partial charge is 0.257 e. The van der Waals surface area contributed by atoms with Gasteiger partial charge in [-0.2, -0.15) is 4.98 Å². The Morgan fingerprint density at radius 1 is 1.16 bits per heavy atom. The lowest BCUT2D eigenvalue weighted by molar-refractivity contribution is 0.158. The van der Waals surface area contributed by atoms with Crippen LogP contribution in [0.3, 0.4) is 0 Å². The number of fused-ring (bicyclic) bond motifs is 3. The molecule has 162 valence electrons. The van der Waals surface area contributed by atoms with Gasteiger partial charge in [0.2, 0.25) is 0 Å². The van der Waals surface area contributed by atoms with Gasteiger partial charge >= 0.3 is 0 Å². The minimum absolute atomic E-state index is 0.0124. The first-order chi connectivity index (χ1) is 15.4. The standard InChI is InChI=1S/C23H17F4N5/c1-13-29-30-23-28-22(21-18(25)3-2-4-19(21)32(13)23)31(12-20(26)27)17-10-15(9-16(24)11-17)8-7-14-5-6-14/h2-4,9-11,14,20H,5-6,12H2,1H3. The predicted octanol–water partition coefficient (Wildman–Crippen LogP) is 5.03. The van der Waals surface area contributed by atoms with Gasteiger partial charge in [-0.15, -0.1) is 10.2 Å². The van der Waals surface area contributed by atoms with Crippen molar-refractivity contribution in [2.75, 3.05) is 11.4 Å². The number of aryl methyl sites for hydroxylation is 1. The first-order valence-corrected chi connectivity index (χ1v) is 10.1. The third-order valence-corrected chi connectivity index (χ3v) is 5.24. The number of hydrogen-bond donors (Lipinski definition) is 0. The summed E-state index contributed by atoms with van der Waals surface area (Å²) in [6.45, 7) is 0.860. The highest BCUT2D eigenvalue weighted by atomic mass is 19.3. The summed E-state index contributed by atoms with van der Waals surface area (Å²) in [5.41, 5.74) is 0.829. The Labute approximate surface area is 180 Å². The van der Waals surface area contributed by atoms with Crippen molar-refractivity contribution in [2.45, 2.75) is 26.2 Å². The Bertz CT molecular complexity index is 1400. The van der Waals surface area contributed by atoms with Gasteiger partial charge in [0.05, 0.1) is 17.4 Å². The molecular formula is C23H17F4N5. The van der Waals surface area contributed by atoms with Crippen molar-refractivity contribution in [3.63, 3.8) is 0 Å². The average Bonchev–Trinajstić information content (AvgIpc) is 3.51. The molecular weight excluding hydrogens is 422 g/mol. The molecule has 1 fully saturated rings. The zero-order chi connectivity index (χ0) is 22.4. The van der Waals surface area contributed by atoms with Crippen LogP contribution in [-0.2, 0) is 0 Å². The topological polar surface area (TPSA) is 46.3 Å². The Balaban J connectivity index is 1.75. The van der Waals surface area contributed by atoms with Crippen LogP contribution >= 0.6 is 0 Å². The quantitative estimate of drug-likeness (QED) is 0.331. The summed E-state index contributed by atoms with van der Waals surface area (Å²) in [5, 5.41) is 7.95. The fraction of sp³-hybridized carbons (Fsp3) is 0.261. The molecule has 5 rings (SSSR count). The third kappa shape index (κ3) is 3.73. The molecule has 5 nitrogen and oxygen atoms in total. The number of benzene rings is 2. The Morgan fingerprint density at radius 2 is 1.97 bits per heavy atom. The lowest BCUT2D eigenvalue weighted by atomic mass is 10.1. The lowest BCUT2D eigenvalue weighted by Crippen LogP contribution is -2.26. The summed E-state index contributed by atoms with van der Waals surface area (Å²) in [6, 6.07) is 8.22. The van der Waals surface area contributed by atoms with Crippen LogP contribution in [0, 0.1) is 36.3 Å². The summed E-state index contributed by atoms with van der Waals surface area (Å²) >= 11 is 0. The molecule has 0 amide bonds. The average molecular weight is 439 g/mol. The fourth-order valence-electron chi connectivity index (χ4n) is 3.64. The van der Waals surface area contributed by atoms with Gasteiger partial charge in [-0.1, -0.05) is 17.9 Å². The summed E-state index contributed by atoms with van der Waals surface area (Å²) in [4.78, 5) is 5.44. The molecule has 32 heavy (non-hydrogen) atoms. The van der Waals surface area contributed by atoms with Crippen LogP contribution in [0.4, 0.5) is 29.1 Å². The highest BCUT2D eigenvalue weighted by Gasteiger charge is 2.24. The van der Waals surface area contributed by atoms with E-state index in [-0.39, 0.29) is 28.6 Å². The number of hydrogen-bond acceptors (Lipinski definition) is 4. The summed E-state index contributed by atoms with van der Waals surface area (Å²) in [6.07, 6.45) is -0.794. The fourth-order valence-corrected chi connectivity index (χ4v) is 3.64. The van der Waals surface area contributed by atoms with E-state index < -0.39 is 24.6 Å². The summed E-state index contributed by atoms with van der Waals surface area (Å²) in [7, 11) is 0. The van der Waals surface area contributed by atoms with E-state index in [1.165, 1.54) is 24.3 Å². The van der Waals surface area contributed by atoms with Crippen molar-refractivity contribution in [3.8, 4) is 11.8 Å². The Kier molecular flexibility index (Phi) is 4.93. The van der Waals surface area contributed by atoms with Crippen LogP contribution < -0.4 is 4.90 Å². The van der Waals surface area contributed by atoms with Gasteiger partial charge in [-0.25, -0.2) is 17.6 Å². The van der Waals surface area contributed by atoms with E-state index in [1.54, 1.807) is 17.4 Å². The van der Waals surface area contributed by atoms with Crippen LogP contribution in [0.5, 0.6) is 0 Å². The molecule has 1 aliphatic carbocycles. The van der Waals surface area contributed by atoms with E-state index in [9.17, 15) is 17.6 Å². The molecule has 0 spiro atoms. The van der Waals surface area contributed by atoms with E-state index >= 15 is 0 Å². The van der Waals surface area contributed by atoms with Crippen LogP contribution in [0.25, 0.3) is 16.7 Å². The molecule has 0 aliphatic heterocycles. The third-order valence-electron chi connectivity index (χ3n) is 5.24. The van der Waals surface area contributed by atoms with Crippen LogP contribution in [0.15, 0.2) is 36.4 Å². The normalized spacial score (nSPS) is 13.6. The van der Waals surface area contributed by atoms with E-state index in [2.05, 4.69) is 27.0 Å². The van der Waals surface area contributed by atoms with E-state index in [0.717, 1.165) is 23.8 Å². The maximum absolute atomic E-state index is 15.0. The number of rotatable bonds is 4. The Morgan fingerprint density at radius 3 is 2.72 bits per heavy atom. The van der Waals surface area contributed by atoms with Gasteiger partial charge in [0.15, 0.2) is 0 Å².